The average Bonchev–Trinajstić information content (AvgIpc) is 2.62. The molecule has 0 unspecified atom stereocenters. The van der Waals surface area contributed by atoms with Crippen LogP contribution in [0.1, 0.15) is 28.1 Å². The van der Waals surface area contributed by atoms with Gasteiger partial charge in [0.1, 0.15) is 5.75 Å². The van der Waals surface area contributed by atoms with Gasteiger partial charge in [0.2, 0.25) is 0 Å². The zero-order valence-electron chi connectivity index (χ0n) is 11.0. The molecule has 0 saturated heterocycles. The summed E-state index contributed by atoms with van der Waals surface area (Å²) in [5.41, 5.74) is 8.94. The fraction of sp³-hybridized carbons (Fsp3) is 0.357. The van der Waals surface area contributed by atoms with Gasteiger partial charge in [-0.1, -0.05) is 6.07 Å². The minimum absolute atomic E-state index is 0.633. The van der Waals surface area contributed by atoms with E-state index >= 15 is 0 Å². The van der Waals surface area contributed by atoms with Crippen molar-refractivity contribution in [3.05, 3.63) is 39.3 Å². The van der Waals surface area contributed by atoms with Gasteiger partial charge in [0, 0.05) is 11.3 Å². The van der Waals surface area contributed by atoms with Crippen LogP contribution in [-0.4, -0.2) is 11.6 Å². The van der Waals surface area contributed by atoms with Crippen molar-refractivity contribution in [2.45, 2.75) is 27.2 Å². The normalized spacial score (nSPS) is 10.6. The van der Waals surface area contributed by atoms with Crippen LogP contribution >= 0.6 is 11.3 Å². The van der Waals surface area contributed by atoms with E-state index in [1.165, 1.54) is 10.4 Å². The Morgan fingerprint density at radius 3 is 2.67 bits per heavy atom. The minimum Gasteiger partial charge on any atom is -0.492 e. The second-order valence-electron chi connectivity index (χ2n) is 4.23. The zero-order valence-corrected chi connectivity index (χ0v) is 11.8. The topological polar surface area (TPSA) is 48.1 Å². The molecule has 0 aliphatic heterocycles. The number of aromatic nitrogens is 1. The molecule has 0 aliphatic carbocycles. The molecule has 0 aliphatic rings. The van der Waals surface area contributed by atoms with Crippen LogP contribution in [0.3, 0.4) is 0 Å². The summed E-state index contributed by atoms with van der Waals surface area (Å²) in [7, 11) is 0. The lowest BCUT2D eigenvalue weighted by Gasteiger charge is -2.08. The molecule has 1 aromatic heterocycles. The van der Waals surface area contributed by atoms with Crippen molar-refractivity contribution in [2.24, 2.45) is 0 Å². The minimum atomic E-state index is 0.633. The Morgan fingerprint density at radius 1 is 1.33 bits per heavy atom. The highest BCUT2D eigenvalue weighted by Crippen LogP contribution is 2.25. The summed E-state index contributed by atoms with van der Waals surface area (Å²) in [6.45, 7) is 6.73. The standard InChI is InChI=1S/C14H18N2OS/c1-4-17-13-6-5-11(7-12(13)15)8-14-16-9(2)10(3)18-14/h5-7H,4,8,15H2,1-3H3. The van der Waals surface area contributed by atoms with Gasteiger partial charge < -0.3 is 10.5 Å². The third kappa shape index (κ3) is 2.82. The van der Waals surface area contributed by atoms with E-state index in [0.29, 0.717) is 12.3 Å². The maximum absolute atomic E-state index is 5.95. The summed E-state index contributed by atoms with van der Waals surface area (Å²) in [6.07, 6.45) is 0.829. The summed E-state index contributed by atoms with van der Waals surface area (Å²) in [5, 5.41) is 1.13. The number of ether oxygens (including phenoxy) is 1. The Bertz CT molecular complexity index is 529. The number of rotatable bonds is 4. The Balaban J connectivity index is 2.17. The van der Waals surface area contributed by atoms with E-state index in [2.05, 4.69) is 11.9 Å². The third-order valence-corrected chi connectivity index (χ3v) is 3.88. The summed E-state index contributed by atoms with van der Waals surface area (Å²) in [4.78, 5) is 5.82. The van der Waals surface area contributed by atoms with Gasteiger partial charge in [-0.3, -0.25) is 0 Å². The van der Waals surface area contributed by atoms with Crippen LogP contribution in [0.4, 0.5) is 5.69 Å². The lowest BCUT2D eigenvalue weighted by Crippen LogP contribution is -1.98. The van der Waals surface area contributed by atoms with E-state index in [-0.39, 0.29) is 0 Å². The number of hydrogen-bond acceptors (Lipinski definition) is 4. The molecule has 0 amide bonds. The maximum Gasteiger partial charge on any atom is 0.142 e. The van der Waals surface area contributed by atoms with Crippen molar-refractivity contribution in [3.63, 3.8) is 0 Å². The monoisotopic (exact) mass is 262 g/mol. The Hall–Kier alpha value is -1.55. The van der Waals surface area contributed by atoms with Gasteiger partial charge in [-0.2, -0.15) is 0 Å². The molecule has 0 radical (unpaired) electrons. The summed E-state index contributed by atoms with van der Waals surface area (Å²) in [6, 6.07) is 5.95. The predicted molar refractivity (Wildman–Crippen MR) is 76.4 cm³/mol. The van der Waals surface area contributed by atoms with Crippen molar-refractivity contribution < 1.29 is 4.74 Å². The first-order valence-electron chi connectivity index (χ1n) is 6.04. The van der Waals surface area contributed by atoms with E-state index in [1.54, 1.807) is 11.3 Å². The highest BCUT2D eigenvalue weighted by atomic mass is 32.1. The first kappa shape index (κ1) is 12.9. The van der Waals surface area contributed by atoms with Crippen LogP contribution in [0.2, 0.25) is 0 Å². The number of nitrogen functional groups attached to an aromatic ring is 1. The van der Waals surface area contributed by atoms with Gasteiger partial charge in [0.25, 0.3) is 0 Å². The quantitative estimate of drug-likeness (QED) is 0.860. The molecule has 2 rings (SSSR count). The van der Waals surface area contributed by atoms with Crippen LogP contribution in [-0.2, 0) is 6.42 Å². The van der Waals surface area contributed by atoms with Gasteiger partial charge in [0.05, 0.1) is 23.0 Å². The predicted octanol–water partition coefficient (Wildman–Crippen LogP) is 3.33. The lowest BCUT2D eigenvalue weighted by molar-refractivity contribution is 0.342. The van der Waals surface area contributed by atoms with Crippen molar-refractivity contribution in [2.75, 3.05) is 12.3 Å². The van der Waals surface area contributed by atoms with Gasteiger partial charge in [-0.15, -0.1) is 11.3 Å². The van der Waals surface area contributed by atoms with Crippen molar-refractivity contribution in [1.82, 2.24) is 4.98 Å². The second kappa shape index (κ2) is 5.40. The largest absolute Gasteiger partial charge is 0.492 e. The number of nitrogens with two attached hydrogens (primary N) is 1. The van der Waals surface area contributed by atoms with E-state index < -0.39 is 0 Å². The zero-order chi connectivity index (χ0) is 13.1. The number of aryl methyl sites for hydroxylation is 2. The second-order valence-corrected chi connectivity index (χ2v) is 5.52. The molecule has 1 heterocycles. The highest BCUT2D eigenvalue weighted by molar-refractivity contribution is 7.11. The van der Waals surface area contributed by atoms with E-state index in [0.717, 1.165) is 22.9 Å². The van der Waals surface area contributed by atoms with Gasteiger partial charge in [-0.05, 0) is 38.5 Å². The number of anilines is 1. The highest BCUT2D eigenvalue weighted by Gasteiger charge is 2.06. The fourth-order valence-electron chi connectivity index (χ4n) is 1.78. The van der Waals surface area contributed by atoms with Crippen LogP contribution in [0, 0.1) is 13.8 Å². The average molecular weight is 262 g/mol. The molecule has 2 N–H and O–H groups in total. The van der Waals surface area contributed by atoms with Crippen LogP contribution in [0.5, 0.6) is 5.75 Å². The smallest absolute Gasteiger partial charge is 0.142 e. The maximum atomic E-state index is 5.95. The summed E-state index contributed by atoms with van der Waals surface area (Å²) in [5.74, 6) is 0.757. The molecule has 18 heavy (non-hydrogen) atoms. The molecule has 96 valence electrons. The fourth-order valence-corrected chi connectivity index (χ4v) is 2.75. The lowest BCUT2D eigenvalue weighted by atomic mass is 10.1. The summed E-state index contributed by atoms with van der Waals surface area (Å²) < 4.78 is 5.43. The van der Waals surface area contributed by atoms with Crippen LogP contribution in [0.25, 0.3) is 0 Å². The van der Waals surface area contributed by atoms with E-state index in [1.807, 2.05) is 32.0 Å². The van der Waals surface area contributed by atoms with Gasteiger partial charge in [-0.25, -0.2) is 4.98 Å². The molecular weight excluding hydrogens is 244 g/mol. The third-order valence-electron chi connectivity index (χ3n) is 2.80. The molecule has 4 heteroatoms. The Labute approximate surface area is 112 Å². The van der Waals surface area contributed by atoms with E-state index in [4.69, 9.17) is 10.5 Å². The molecule has 3 nitrogen and oxygen atoms in total. The van der Waals surface area contributed by atoms with Crippen LogP contribution < -0.4 is 10.5 Å². The number of thiazole rings is 1. The number of hydrogen-bond donors (Lipinski definition) is 1. The van der Waals surface area contributed by atoms with Gasteiger partial charge in [0.15, 0.2) is 0 Å². The Kier molecular flexibility index (Phi) is 3.87. The molecule has 0 saturated carbocycles. The SMILES string of the molecule is CCOc1ccc(Cc2nc(C)c(C)s2)cc1N. The Morgan fingerprint density at radius 2 is 2.11 bits per heavy atom. The molecule has 1 aromatic carbocycles. The van der Waals surface area contributed by atoms with Gasteiger partial charge >= 0.3 is 0 Å². The summed E-state index contributed by atoms with van der Waals surface area (Å²) >= 11 is 1.75. The molecule has 0 fully saturated rings. The molecule has 0 bridgehead atoms. The van der Waals surface area contributed by atoms with Crippen molar-refractivity contribution in [3.8, 4) is 5.75 Å². The first-order valence-corrected chi connectivity index (χ1v) is 6.86. The van der Waals surface area contributed by atoms with Crippen LogP contribution in [0.15, 0.2) is 18.2 Å². The molecule has 0 spiro atoms. The van der Waals surface area contributed by atoms with Crippen molar-refractivity contribution in [1.29, 1.82) is 0 Å². The molecule has 0 atom stereocenters. The first-order chi connectivity index (χ1) is 8.60. The molecular formula is C14H18N2OS. The molecule has 2 aromatic rings. The van der Waals surface area contributed by atoms with Crippen molar-refractivity contribution >= 4 is 17.0 Å². The number of benzene rings is 1. The van der Waals surface area contributed by atoms with E-state index in [9.17, 15) is 0 Å². The number of nitrogens with zero attached hydrogens (tertiary/aromatic N) is 1.